The van der Waals surface area contributed by atoms with Gasteiger partial charge in [-0.1, -0.05) is 6.92 Å². The average molecular weight is 192 g/mol. The molecule has 0 aromatic rings. The SMILES string of the molecule is CCC(N)C1CN(S(C)(=O)=O)C1. The van der Waals surface area contributed by atoms with Gasteiger partial charge in [-0.3, -0.25) is 0 Å². The summed E-state index contributed by atoms with van der Waals surface area (Å²) in [5.41, 5.74) is 5.76. The standard InChI is InChI=1S/C7H16N2O2S/c1-3-7(8)6-4-9(5-6)12(2,10)11/h6-7H,3-5,8H2,1-2H3. The molecule has 0 bridgehead atoms. The van der Waals surface area contributed by atoms with Crippen molar-refractivity contribution >= 4 is 10.0 Å². The van der Waals surface area contributed by atoms with Gasteiger partial charge < -0.3 is 5.73 Å². The molecule has 1 rings (SSSR count). The summed E-state index contributed by atoms with van der Waals surface area (Å²) < 4.78 is 23.4. The number of hydrogen-bond donors (Lipinski definition) is 1. The highest BCUT2D eigenvalue weighted by molar-refractivity contribution is 7.88. The molecule has 0 radical (unpaired) electrons. The van der Waals surface area contributed by atoms with Crippen LogP contribution >= 0.6 is 0 Å². The fourth-order valence-corrected chi connectivity index (χ4v) is 2.27. The van der Waals surface area contributed by atoms with E-state index in [1.54, 1.807) is 0 Å². The molecule has 0 aromatic carbocycles. The molecule has 5 heteroatoms. The van der Waals surface area contributed by atoms with Gasteiger partial charge in [-0.2, -0.15) is 0 Å². The first kappa shape index (κ1) is 9.95. The highest BCUT2D eigenvalue weighted by Crippen LogP contribution is 2.21. The summed E-state index contributed by atoms with van der Waals surface area (Å²) in [4.78, 5) is 0. The van der Waals surface area contributed by atoms with Crippen LogP contribution in [0.3, 0.4) is 0 Å². The number of nitrogens with zero attached hydrogens (tertiary/aromatic N) is 1. The van der Waals surface area contributed by atoms with Crippen molar-refractivity contribution in [3.8, 4) is 0 Å². The van der Waals surface area contributed by atoms with E-state index >= 15 is 0 Å². The fraction of sp³-hybridized carbons (Fsp3) is 1.00. The van der Waals surface area contributed by atoms with Crippen LogP contribution in [0.15, 0.2) is 0 Å². The fourth-order valence-electron chi connectivity index (χ4n) is 1.34. The van der Waals surface area contributed by atoms with E-state index in [4.69, 9.17) is 5.73 Å². The Kier molecular flexibility index (Phi) is 2.75. The Balaban J connectivity index is 2.39. The maximum absolute atomic E-state index is 11.0. The van der Waals surface area contributed by atoms with Crippen LogP contribution in [-0.4, -0.2) is 38.1 Å². The van der Waals surface area contributed by atoms with Crippen molar-refractivity contribution in [1.29, 1.82) is 0 Å². The van der Waals surface area contributed by atoms with E-state index in [9.17, 15) is 8.42 Å². The highest BCUT2D eigenvalue weighted by Gasteiger charge is 2.35. The molecule has 72 valence electrons. The summed E-state index contributed by atoms with van der Waals surface area (Å²) in [6, 6.07) is 0.156. The second-order valence-electron chi connectivity index (χ2n) is 3.41. The molecule has 4 nitrogen and oxygen atoms in total. The Labute approximate surface area is 73.8 Å². The molecular weight excluding hydrogens is 176 g/mol. The van der Waals surface area contributed by atoms with Gasteiger partial charge in [0.25, 0.3) is 0 Å². The van der Waals surface area contributed by atoms with E-state index in [0.29, 0.717) is 19.0 Å². The van der Waals surface area contributed by atoms with E-state index in [1.807, 2.05) is 6.92 Å². The van der Waals surface area contributed by atoms with Crippen LogP contribution < -0.4 is 5.73 Å². The minimum absolute atomic E-state index is 0.156. The van der Waals surface area contributed by atoms with Crippen LogP contribution in [-0.2, 0) is 10.0 Å². The monoisotopic (exact) mass is 192 g/mol. The van der Waals surface area contributed by atoms with Gasteiger partial charge in [0.05, 0.1) is 6.26 Å². The molecule has 2 N–H and O–H groups in total. The number of sulfonamides is 1. The van der Waals surface area contributed by atoms with Crippen LogP contribution in [0.25, 0.3) is 0 Å². The van der Waals surface area contributed by atoms with Gasteiger partial charge in [0.15, 0.2) is 0 Å². The number of rotatable bonds is 3. The summed E-state index contributed by atoms with van der Waals surface area (Å²) in [5.74, 6) is 0.365. The predicted molar refractivity (Wildman–Crippen MR) is 48.2 cm³/mol. The van der Waals surface area contributed by atoms with E-state index in [2.05, 4.69) is 0 Å². The van der Waals surface area contributed by atoms with Gasteiger partial charge in [-0.15, -0.1) is 0 Å². The van der Waals surface area contributed by atoms with E-state index < -0.39 is 10.0 Å². The Morgan fingerprint density at radius 2 is 2.08 bits per heavy atom. The van der Waals surface area contributed by atoms with Crippen molar-refractivity contribution < 1.29 is 8.42 Å². The molecule has 0 aromatic heterocycles. The lowest BCUT2D eigenvalue weighted by Crippen LogP contribution is -2.55. The molecule has 1 atom stereocenters. The molecule has 1 saturated heterocycles. The van der Waals surface area contributed by atoms with Crippen LogP contribution in [0.1, 0.15) is 13.3 Å². The lowest BCUT2D eigenvalue weighted by molar-refractivity contribution is 0.169. The third-order valence-electron chi connectivity index (χ3n) is 2.42. The Hall–Kier alpha value is -0.130. The molecule has 1 heterocycles. The number of nitrogens with two attached hydrogens (primary N) is 1. The second-order valence-corrected chi connectivity index (χ2v) is 5.39. The Bertz CT molecular complexity index is 244. The third-order valence-corrected chi connectivity index (χ3v) is 3.66. The summed E-state index contributed by atoms with van der Waals surface area (Å²) >= 11 is 0. The van der Waals surface area contributed by atoms with Gasteiger partial charge in [0.2, 0.25) is 10.0 Å². The molecule has 0 saturated carbocycles. The molecule has 1 fully saturated rings. The summed E-state index contributed by atoms with van der Waals surface area (Å²) in [5, 5.41) is 0. The van der Waals surface area contributed by atoms with Gasteiger partial charge in [0, 0.05) is 25.0 Å². The summed E-state index contributed by atoms with van der Waals surface area (Å²) in [6.07, 6.45) is 2.16. The number of hydrogen-bond acceptors (Lipinski definition) is 3. The maximum atomic E-state index is 11.0. The molecule has 0 amide bonds. The van der Waals surface area contributed by atoms with Crippen LogP contribution in [0.4, 0.5) is 0 Å². The van der Waals surface area contributed by atoms with Gasteiger partial charge in [-0.05, 0) is 6.42 Å². The molecule has 0 spiro atoms. The van der Waals surface area contributed by atoms with E-state index in [-0.39, 0.29) is 6.04 Å². The van der Waals surface area contributed by atoms with Crippen LogP contribution in [0.5, 0.6) is 0 Å². The zero-order valence-corrected chi connectivity index (χ0v) is 8.34. The Morgan fingerprint density at radius 1 is 1.58 bits per heavy atom. The zero-order valence-electron chi connectivity index (χ0n) is 7.53. The first-order valence-electron chi connectivity index (χ1n) is 4.16. The van der Waals surface area contributed by atoms with Gasteiger partial charge in [0.1, 0.15) is 0 Å². The largest absolute Gasteiger partial charge is 0.327 e. The molecule has 1 aliphatic rings. The van der Waals surface area contributed by atoms with Crippen LogP contribution in [0, 0.1) is 5.92 Å². The minimum Gasteiger partial charge on any atom is -0.327 e. The average Bonchev–Trinajstić information content (AvgIpc) is 1.80. The first-order chi connectivity index (χ1) is 5.45. The van der Waals surface area contributed by atoms with Crippen molar-refractivity contribution in [2.45, 2.75) is 19.4 Å². The molecular formula is C7H16N2O2S. The molecule has 1 aliphatic heterocycles. The van der Waals surface area contributed by atoms with E-state index in [1.165, 1.54) is 10.6 Å². The van der Waals surface area contributed by atoms with Crippen molar-refractivity contribution in [3.63, 3.8) is 0 Å². The highest BCUT2D eigenvalue weighted by atomic mass is 32.2. The molecule has 0 aliphatic carbocycles. The minimum atomic E-state index is -2.96. The van der Waals surface area contributed by atoms with Crippen molar-refractivity contribution in [2.24, 2.45) is 11.7 Å². The molecule has 12 heavy (non-hydrogen) atoms. The Morgan fingerprint density at radius 3 is 2.42 bits per heavy atom. The van der Waals surface area contributed by atoms with Crippen LogP contribution in [0.2, 0.25) is 0 Å². The topological polar surface area (TPSA) is 63.4 Å². The summed E-state index contributed by atoms with van der Waals surface area (Å²) in [6.45, 7) is 3.23. The lowest BCUT2D eigenvalue weighted by Gasteiger charge is -2.40. The summed E-state index contributed by atoms with van der Waals surface area (Å²) in [7, 11) is -2.96. The molecule has 1 unspecified atom stereocenters. The first-order valence-corrected chi connectivity index (χ1v) is 6.00. The third kappa shape index (κ3) is 1.97. The van der Waals surface area contributed by atoms with E-state index in [0.717, 1.165) is 6.42 Å². The zero-order chi connectivity index (χ0) is 9.35. The second kappa shape index (κ2) is 3.32. The van der Waals surface area contributed by atoms with Crippen molar-refractivity contribution in [1.82, 2.24) is 4.31 Å². The smallest absolute Gasteiger partial charge is 0.211 e. The van der Waals surface area contributed by atoms with Crippen molar-refractivity contribution in [2.75, 3.05) is 19.3 Å². The predicted octanol–water partition coefficient (Wildman–Crippen LogP) is -0.385. The quantitative estimate of drug-likeness (QED) is 0.662. The van der Waals surface area contributed by atoms with Gasteiger partial charge >= 0.3 is 0 Å². The normalized spacial score (nSPS) is 23.6. The van der Waals surface area contributed by atoms with Gasteiger partial charge in [-0.25, -0.2) is 12.7 Å². The lowest BCUT2D eigenvalue weighted by atomic mass is 9.93. The maximum Gasteiger partial charge on any atom is 0.211 e. The van der Waals surface area contributed by atoms with Crippen molar-refractivity contribution in [3.05, 3.63) is 0 Å².